The number of hydrogen-bond acceptors (Lipinski definition) is 4. The molecule has 0 saturated carbocycles. The van der Waals surface area contributed by atoms with Crippen molar-refractivity contribution in [2.45, 2.75) is 51.4 Å². The maximum atomic E-state index is 12.4. The van der Waals surface area contributed by atoms with Gasteiger partial charge in [-0.15, -0.1) is 0 Å². The summed E-state index contributed by atoms with van der Waals surface area (Å²) in [6, 6.07) is 14.8. The van der Waals surface area contributed by atoms with Gasteiger partial charge in [0.2, 0.25) is 0 Å². The molecule has 0 spiro atoms. The number of rotatable bonds is 15. The number of carboxylic acids is 1. The third kappa shape index (κ3) is 10.1. The van der Waals surface area contributed by atoms with Gasteiger partial charge in [0.15, 0.2) is 5.78 Å². The number of aryl methyl sites for hydroxylation is 1. The van der Waals surface area contributed by atoms with Gasteiger partial charge in [-0.1, -0.05) is 49.9 Å². The molecule has 5 heteroatoms. The van der Waals surface area contributed by atoms with Crippen LogP contribution in [0, 0.1) is 0 Å². The zero-order valence-corrected chi connectivity index (χ0v) is 18.0. The van der Waals surface area contributed by atoms with Crippen LogP contribution in [0.5, 0.6) is 5.75 Å². The standard InChI is InChI=1S/C26H32O5/c27-19-5-3-1-2-4-6-20-31-24-15-13-23(14-16-24)25(28)17-11-21-7-9-22(10-8-21)12-18-26(29)30/h7-10,12-16,18,27H,1-6,11,17,19-20H2,(H,29,30)/b18-12+. The zero-order valence-electron chi connectivity index (χ0n) is 18.0. The number of aliphatic carboxylic acids is 1. The van der Waals surface area contributed by atoms with Gasteiger partial charge in [-0.2, -0.15) is 0 Å². The summed E-state index contributed by atoms with van der Waals surface area (Å²) in [7, 11) is 0. The highest BCUT2D eigenvalue weighted by Gasteiger charge is 2.07. The molecule has 0 unspecified atom stereocenters. The minimum atomic E-state index is -0.976. The van der Waals surface area contributed by atoms with E-state index in [0.29, 0.717) is 25.0 Å². The molecule has 5 nitrogen and oxygen atoms in total. The Hall–Kier alpha value is -2.92. The van der Waals surface area contributed by atoms with Crippen LogP contribution in [0.3, 0.4) is 0 Å². The first kappa shape index (κ1) is 24.4. The average Bonchev–Trinajstić information content (AvgIpc) is 2.79. The summed E-state index contributed by atoms with van der Waals surface area (Å²) in [5, 5.41) is 17.4. The molecular formula is C26H32O5. The van der Waals surface area contributed by atoms with Crippen molar-refractivity contribution in [1.82, 2.24) is 0 Å². The number of benzene rings is 2. The van der Waals surface area contributed by atoms with Crippen molar-refractivity contribution < 1.29 is 24.5 Å². The zero-order chi connectivity index (χ0) is 22.3. The van der Waals surface area contributed by atoms with Crippen molar-refractivity contribution in [3.63, 3.8) is 0 Å². The predicted molar refractivity (Wildman–Crippen MR) is 122 cm³/mol. The topological polar surface area (TPSA) is 83.8 Å². The van der Waals surface area contributed by atoms with Crippen LogP contribution < -0.4 is 4.74 Å². The van der Waals surface area contributed by atoms with Crippen LogP contribution in [0.25, 0.3) is 6.08 Å². The monoisotopic (exact) mass is 424 g/mol. The van der Waals surface area contributed by atoms with Crippen LogP contribution in [0.4, 0.5) is 0 Å². The van der Waals surface area contributed by atoms with Crippen molar-refractivity contribution >= 4 is 17.8 Å². The number of ketones is 1. The van der Waals surface area contributed by atoms with Gasteiger partial charge in [0.1, 0.15) is 5.75 Å². The Bertz CT molecular complexity index is 822. The van der Waals surface area contributed by atoms with E-state index in [0.717, 1.165) is 55.1 Å². The Morgan fingerprint density at radius 1 is 0.839 bits per heavy atom. The molecule has 0 fully saturated rings. The number of carbonyl (C=O) groups is 2. The molecule has 2 aromatic rings. The van der Waals surface area contributed by atoms with Gasteiger partial charge in [-0.3, -0.25) is 4.79 Å². The molecule has 2 N–H and O–H groups in total. The second kappa shape index (κ2) is 14.1. The predicted octanol–water partition coefficient (Wildman–Crippen LogP) is 5.31. The highest BCUT2D eigenvalue weighted by molar-refractivity contribution is 5.96. The molecule has 2 aromatic carbocycles. The Balaban J connectivity index is 1.69. The number of carboxylic acid groups (broad SMARTS) is 1. The Labute approximate surface area is 184 Å². The summed E-state index contributed by atoms with van der Waals surface area (Å²) in [5.74, 6) is -0.109. The third-order valence-electron chi connectivity index (χ3n) is 5.04. The van der Waals surface area contributed by atoms with Crippen LogP contribution in [-0.2, 0) is 11.2 Å². The number of aliphatic hydroxyl groups is 1. The fourth-order valence-electron chi connectivity index (χ4n) is 3.21. The number of hydrogen-bond donors (Lipinski definition) is 2. The highest BCUT2D eigenvalue weighted by Crippen LogP contribution is 2.16. The van der Waals surface area contributed by atoms with Gasteiger partial charge in [-0.05, 0) is 60.7 Å². The first-order chi connectivity index (χ1) is 15.1. The second-order valence-electron chi connectivity index (χ2n) is 7.55. The number of ether oxygens (including phenoxy) is 1. The Morgan fingerprint density at radius 3 is 2.13 bits per heavy atom. The summed E-state index contributed by atoms with van der Waals surface area (Å²) in [4.78, 5) is 23.0. The van der Waals surface area contributed by atoms with E-state index in [4.69, 9.17) is 14.9 Å². The molecule has 0 heterocycles. The Morgan fingerprint density at radius 2 is 1.48 bits per heavy atom. The van der Waals surface area contributed by atoms with Gasteiger partial charge >= 0.3 is 5.97 Å². The fourth-order valence-corrected chi connectivity index (χ4v) is 3.21. The van der Waals surface area contributed by atoms with Gasteiger partial charge in [0.05, 0.1) is 6.61 Å². The molecule has 0 aliphatic carbocycles. The summed E-state index contributed by atoms with van der Waals surface area (Å²) in [6.07, 6.45) is 10.1. The van der Waals surface area contributed by atoms with E-state index in [2.05, 4.69) is 0 Å². The van der Waals surface area contributed by atoms with Crippen LogP contribution >= 0.6 is 0 Å². The van der Waals surface area contributed by atoms with Gasteiger partial charge < -0.3 is 14.9 Å². The maximum absolute atomic E-state index is 12.4. The number of Topliss-reactive ketones (excluding diaryl/α,β-unsaturated/α-hetero) is 1. The van der Waals surface area contributed by atoms with Crippen LogP contribution in [-0.4, -0.2) is 35.2 Å². The van der Waals surface area contributed by atoms with Crippen LogP contribution in [0.2, 0.25) is 0 Å². The second-order valence-corrected chi connectivity index (χ2v) is 7.55. The largest absolute Gasteiger partial charge is 0.494 e. The lowest BCUT2D eigenvalue weighted by molar-refractivity contribution is -0.131. The smallest absolute Gasteiger partial charge is 0.328 e. The quantitative estimate of drug-likeness (QED) is 0.230. The molecule has 0 bridgehead atoms. The maximum Gasteiger partial charge on any atom is 0.328 e. The fraction of sp³-hybridized carbons (Fsp3) is 0.385. The van der Waals surface area contributed by atoms with E-state index >= 15 is 0 Å². The van der Waals surface area contributed by atoms with Crippen molar-refractivity contribution in [1.29, 1.82) is 0 Å². The normalized spacial score (nSPS) is 11.0. The van der Waals surface area contributed by atoms with E-state index in [1.54, 1.807) is 6.08 Å². The molecule has 0 radical (unpaired) electrons. The summed E-state index contributed by atoms with van der Waals surface area (Å²) >= 11 is 0. The van der Waals surface area contributed by atoms with Crippen LogP contribution in [0.1, 0.15) is 66.4 Å². The molecule has 0 atom stereocenters. The number of aliphatic hydroxyl groups excluding tert-OH is 1. The van der Waals surface area contributed by atoms with E-state index in [9.17, 15) is 9.59 Å². The third-order valence-corrected chi connectivity index (χ3v) is 5.04. The van der Waals surface area contributed by atoms with E-state index in [1.165, 1.54) is 6.42 Å². The first-order valence-electron chi connectivity index (χ1n) is 11.0. The molecule has 0 amide bonds. The first-order valence-corrected chi connectivity index (χ1v) is 11.0. The van der Waals surface area contributed by atoms with Gasteiger partial charge in [-0.25, -0.2) is 4.79 Å². The lowest BCUT2D eigenvalue weighted by atomic mass is 10.0. The van der Waals surface area contributed by atoms with Gasteiger partial charge in [0.25, 0.3) is 0 Å². The number of unbranched alkanes of at least 4 members (excludes halogenated alkanes) is 5. The molecule has 2 rings (SSSR count). The van der Waals surface area contributed by atoms with Crippen molar-refractivity contribution in [3.8, 4) is 5.75 Å². The van der Waals surface area contributed by atoms with E-state index < -0.39 is 5.97 Å². The van der Waals surface area contributed by atoms with Crippen molar-refractivity contribution in [2.24, 2.45) is 0 Å². The van der Waals surface area contributed by atoms with E-state index in [1.807, 2.05) is 48.5 Å². The number of carbonyl (C=O) groups excluding carboxylic acids is 1. The molecule has 0 saturated heterocycles. The summed E-state index contributed by atoms with van der Waals surface area (Å²) in [6.45, 7) is 0.952. The summed E-state index contributed by atoms with van der Waals surface area (Å²) in [5.41, 5.74) is 2.53. The molecule has 0 aromatic heterocycles. The molecule has 166 valence electrons. The average molecular weight is 425 g/mol. The van der Waals surface area contributed by atoms with Crippen molar-refractivity contribution in [2.75, 3.05) is 13.2 Å². The van der Waals surface area contributed by atoms with E-state index in [-0.39, 0.29) is 12.4 Å². The molecule has 0 aliphatic heterocycles. The minimum absolute atomic E-state index is 0.0873. The molecular weight excluding hydrogens is 392 g/mol. The SMILES string of the molecule is O=C(O)/C=C/c1ccc(CCC(=O)c2ccc(OCCCCCCCCO)cc2)cc1. The van der Waals surface area contributed by atoms with Crippen molar-refractivity contribution in [3.05, 3.63) is 71.3 Å². The molecule has 31 heavy (non-hydrogen) atoms. The lowest BCUT2D eigenvalue weighted by Crippen LogP contribution is -2.02. The lowest BCUT2D eigenvalue weighted by Gasteiger charge is -2.07. The summed E-state index contributed by atoms with van der Waals surface area (Å²) < 4.78 is 5.75. The molecule has 0 aliphatic rings. The minimum Gasteiger partial charge on any atom is -0.494 e. The van der Waals surface area contributed by atoms with Gasteiger partial charge in [0, 0.05) is 24.7 Å². The Kier molecular flexibility index (Phi) is 11.1. The highest BCUT2D eigenvalue weighted by atomic mass is 16.5. The van der Waals surface area contributed by atoms with Crippen LogP contribution in [0.15, 0.2) is 54.6 Å².